The van der Waals surface area contributed by atoms with E-state index in [9.17, 15) is 10.1 Å². The summed E-state index contributed by atoms with van der Waals surface area (Å²) in [5.74, 6) is 0.492. The molecule has 0 saturated carbocycles. The van der Waals surface area contributed by atoms with Crippen molar-refractivity contribution in [3.05, 3.63) is 58.6 Å². The highest BCUT2D eigenvalue weighted by molar-refractivity contribution is 5.82. The van der Waals surface area contributed by atoms with Crippen LogP contribution in [0.5, 0.6) is 0 Å². The van der Waals surface area contributed by atoms with Crippen LogP contribution < -0.4 is 4.84 Å². The van der Waals surface area contributed by atoms with Crippen molar-refractivity contribution < 1.29 is 9.76 Å². The van der Waals surface area contributed by atoms with Crippen LogP contribution >= 0.6 is 0 Å². The summed E-state index contributed by atoms with van der Waals surface area (Å²) in [4.78, 5) is 20.3. The molecule has 1 heterocycles. The minimum absolute atomic E-state index is 0.0613. The van der Waals surface area contributed by atoms with Gasteiger partial charge in [-0.15, -0.1) is 0 Å². The monoisotopic (exact) mass is 294 g/mol. The molecule has 0 bridgehead atoms. The van der Waals surface area contributed by atoms with Crippen LogP contribution in [0.25, 0.3) is 22.4 Å². The van der Waals surface area contributed by atoms with E-state index in [1.54, 1.807) is 6.07 Å². The number of fused-ring (bicyclic) bond motifs is 1. The highest BCUT2D eigenvalue weighted by Gasteiger charge is 2.17. The van der Waals surface area contributed by atoms with Gasteiger partial charge in [-0.25, -0.2) is 4.98 Å². The number of hydrogen-bond donors (Lipinski definition) is 0. The molecule has 3 rings (SSSR count). The van der Waals surface area contributed by atoms with E-state index in [0.717, 1.165) is 5.56 Å². The van der Waals surface area contributed by atoms with Crippen molar-refractivity contribution in [2.75, 3.05) is 6.61 Å². The zero-order chi connectivity index (χ0) is 15.5. The average Bonchev–Trinajstić information content (AvgIpc) is 2.91. The van der Waals surface area contributed by atoms with Gasteiger partial charge in [-0.1, -0.05) is 30.3 Å². The second kappa shape index (κ2) is 5.54. The number of nitro benzene ring substituents is 1. The lowest BCUT2D eigenvalue weighted by Gasteiger charge is -2.07. The van der Waals surface area contributed by atoms with E-state index in [2.05, 4.69) is 4.98 Å². The lowest BCUT2D eigenvalue weighted by Crippen LogP contribution is -2.13. The first-order valence-corrected chi connectivity index (χ1v) is 6.43. The summed E-state index contributed by atoms with van der Waals surface area (Å²) in [5, 5.41) is 19.7. The number of benzene rings is 2. The molecule has 0 spiro atoms. The van der Waals surface area contributed by atoms with E-state index in [1.165, 1.54) is 16.9 Å². The molecule has 22 heavy (non-hydrogen) atoms. The number of nitriles is 1. The second-order valence-corrected chi connectivity index (χ2v) is 4.46. The van der Waals surface area contributed by atoms with Crippen LogP contribution in [0.15, 0.2) is 48.5 Å². The predicted molar refractivity (Wildman–Crippen MR) is 78.9 cm³/mol. The van der Waals surface area contributed by atoms with Crippen molar-refractivity contribution in [2.24, 2.45) is 0 Å². The van der Waals surface area contributed by atoms with Crippen LogP contribution in [0.1, 0.15) is 0 Å². The zero-order valence-corrected chi connectivity index (χ0v) is 11.3. The smallest absolute Gasteiger partial charge is 0.271 e. The fourth-order valence-corrected chi connectivity index (χ4v) is 2.15. The molecular weight excluding hydrogens is 284 g/mol. The standard InChI is InChI=1S/C15H10N4O3/c16-8-9-22-18-14-10-12(19(20)21)6-7-13(14)17-15(18)11-4-2-1-3-5-11/h1-7,10H,9H2. The molecule has 0 saturated heterocycles. The number of nitro groups is 1. The molecule has 0 aliphatic heterocycles. The molecule has 0 aliphatic carbocycles. The second-order valence-electron chi connectivity index (χ2n) is 4.46. The molecule has 3 aromatic rings. The van der Waals surface area contributed by atoms with Crippen molar-refractivity contribution in [3.63, 3.8) is 0 Å². The number of non-ortho nitro benzene ring substituents is 1. The molecule has 0 aliphatic rings. The number of rotatable bonds is 4. The molecule has 7 nitrogen and oxygen atoms in total. The molecular formula is C15H10N4O3. The third-order valence-corrected chi connectivity index (χ3v) is 3.10. The zero-order valence-electron chi connectivity index (χ0n) is 11.3. The molecule has 0 unspecified atom stereocenters. The Kier molecular flexibility index (Phi) is 3.42. The van der Waals surface area contributed by atoms with Gasteiger partial charge in [0.05, 0.1) is 10.4 Å². The molecule has 1 aromatic heterocycles. The summed E-state index contributed by atoms with van der Waals surface area (Å²) < 4.78 is 1.36. The van der Waals surface area contributed by atoms with Gasteiger partial charge in [0.15, 0.2) is 5.82 Å². The number of imidazole rings is 1. The molecule has 0 fully saturated rings. The van der Waals surface area contributed by atoms with Crippen molar-refractivity contribution in [3.8, 4) is 17.5 Å². The van der Waals surface area contributed by atoms with Gasteiger partial charge in [-0.2, -0.15) is 9.99 Å². The fraction of sp³-hybridized carbons (Fsp3) is 0.0667. The van der Waals surface area contributed by atoms with Gasteiger partial charge >= 0.3 is 0 Å². The first kappa shape index (κ1) is 13.6. The normalized spacial score (nSPS) is 10.3. The Morgan fingerprint density at radius 2 is 2.05 bits per heavy atom. The Balaban J connectivity index is 2.23. The SMILES string of the molecule is N#CCOn1c(-c2ccccc2)nc2ccc([N+](=O)[O-])cc21. The Morgan fingerprint density at radius 1 is 1.27 bits per heavy atom. The first-order chi connectivity index (χ1) is 10.7. The van der Waals surface area contributed by atoms with Crippen molar-refractivity contribution in [2.45, 2.75) is 0 Å². The lowest BCUT2D eigenvalue weighted by molar-refractivity contribution is -0.384. The van der Waals surface area contributed by atoms with E-state index >= 15 is 0 Å². The van der Waals surface area contributed by atoms with Crippen LogP contribution in [0.2, 0.25) is 0 Å². The van der Waals surface area contributed by atoms with Gasteiger partial charge in [-0.05, 0) is 6.07 Å². The van der Waals surface area contributed by atoms with Gasteiger partial charge in [0, 0.05) is 17.7 Å². The summed E-state index contributed by atoms with van der Waals surface area (Å²) in [7, 11) is 0. The first-order valence-electron chi connectivity index (χ1n) is 6.43. The molecule has 0 N–H and O–H groups in total. The van der Waals surface area contributed by atoms with Crippen molar-refractivity contribution in [1.29, 1.82) is 5.26 Å². The fourth-order valence-electron chi connectivity index (χ4n) is 2.15. The maximum atomic E-state index is 10.9. The third kappa shape index (κ3) is 2.33. The molecule has 0 amide bonds. The maximum absolute atomic E-state index is 10.9. The van der Waals surface area contributed by atoms with Crippen molar-refractivity contribution in [1.82, 2.24) is 9.71 Å². The number of aromatic nitrogens is 2. The third-order valence-electron chi connectivity index (χ3n) is 3.10. The molecule has 0 atom stereocenters. The number of nitrogens with zero attached hydrogens (tertiary/aromatic N) is 4. The largest absolute Gasteiger partial charge is 0.396 e. The van der Waals surface area contributed by atoms with E-state index < -0.39 is 4.92 Å². The topological polar surface area (TPSA) is 94.0 Å². The molecule has 7 heteroatoms. The summed E-state index contributed by atoms with van der Waals surface area (Å²) in [6.07, 6.45) is 0. The van der Waals surface area contributed by atoms with Crippen LogP contribution in [0.4, 0.5) is 5.69 Å². The molecule has 108 valence electrons. The van der Waals surface area contributed by atoms with Crippen molar-refractivity contribution >= 4 is 16.7 Å². The minimum atomic E-state index is -0.483. The van der Waals surface area contributed by atoms with Gasteiger partial charge in [0.1, 0.15) is 11.6 Å². The average molecular weight is 294 g/mol. The predicted octanol–water partition coefficient (Wildman–Crippen LogP) is 2.56. The van der Waals surface area contributed by atoms with Crippen LogP contribution in [0.3, 0.4) is 0 Å². The molecule has 0 radical (unpaired) electrons. The summed E-state index contributed by atoms with van der Waals surface area (Å²) in [6.45, 7) is -0.187. The Bertz CT molecular complexity index is 881. The Labute approximate surface area is 125 Å². The van der Waals surface area contributed by atoms with Gasteiger partial charge < -0.3 is 4.84 Å². The quantitative estimate of drug-likeness (QED) is 0.544. The Hall–Kier alpha value is -3.40. The highest BCUT2D eigenvalue weighted by atomic mass is 16.7. The highest BCUT2D eigenvalue weighted by Crippen LogP contribution is 2.26. The summed E-state index contributed by atoms with van der Waals surface area (Å²) >= 11 is 0. The Morgan fingerprint density at radius 3 is 2.73 bits per heavy atom. The van der Waals surface area contributed by atoms with Crippen LogP contribution in [0, 0.1) is 21.4 Å². The summed E-state index contributed by atoms with van der Waals surface area (Å²) in [5.41, 5.74) is 1.74. The maximum Gasteiger partial charge on any atom is 0.271 e. The molecule has 2 aromatic carbocycles. The minimum Gasteiger partial charge on any atom is -0.396 e. The van der Waals surface area contributed by atoms with E-state index in [1.807, 2.05) is 36.4 Å². The van der Waals surface area contributed by atoms with Gasteiger partial charge in [-0.3, -0.25) is 10.1 Å². The number of hydrogen-bond acceptors (Lipinski definition) is 5. The van der Waals surface area contributed by atoms with Gasteiger partial charge in [0.2, 0.25) is 6.61 Å². The van der Waals surface area contributed by atoms with E-state index in [-0.39, 0.29) is 12.3 Å². The van der Waals surface area contributed by atoms with Crippen LogP contribution in [-0.4, -0.2) is 21.2 Å². The van der Waals surface area contributed by atoms with Gasteiger partial charge in [0.25, 0.3) is 5.69 Å². The summed E-state index contributed by atoms with van der Waals surface area (Å²) in [6, 6.07) is 15.5. The van der Waals surface area contributed by atoms with E-state index in [0.29, 0.717) is 16.9 Å². The van der Waals surface area contributed by atoms with Crippen LogP contribution in [-0.2, 0) is 0 Å². The van der Waals surface area contributed by atoms with E-state index in [4.69, 9.17) is 10.1 Å². The lowest BCUT2D eigenvalue weighted by atomic mass is 10.2.